The molecule has 1 saturated carbocycles. The smallest absolute Gasteiger partial charge is 0.258 e. The van der Waals surface area contributed by atoms with Gasteiger partial charge in [-0.25, -0.2) is 29.9 Å². The van der Waals surface area contributed by atoms with E-state index in [1.165, 1.54) is 25.1 Å². The fourth-order valence-corrected chi connectivity index (χ4v) is 7.30. The number of hydrogen-bond acceptors (Lipinski definition) is 16. The molecule has 4 aromatic heterocycles. The molecule has 1 saturated heterocycles. The predicted molar refractivity (Wildman–Crippen MR) is 230 cm³/mol. The highest BCUT2D eigenvalue weighted by atomic mass is 35.5. The molecule has 3 unspecified atom stereocenters. The van der Waals surface area contributed by atoms with E-state index in [-0.39, 0.29) is 73.5 Å². The third kappa shape index (κ3) is 12.0. The molecule has 18 nitrogen and oxygen atoms in total. The number of fused-ring (bicyclic) bond motifs is 1. The summed E-state index contributed by atoms with van der Waals surface area (Å²) >= 11 is 12.3. The molecule has 5 heterocycles. The normalized spacial score (nSPS) is 15.3. The van der Waals surface area contributed by atoms with Gasteiger partial charge in [-0.3, -0.25) is 13.8 Å². The van der Waals surface area contributed by atoms with Crippen LogP contribution in [0.4, 0.5) is 5.95 Å². The van der Waals surface area contributed by atoms with E-state index in [0.29, 0.717) is 44.3 Å². The number of nitrogens with zero attached hydrogens (tertiary/aromatic N) is 9. The van der Waals surface area contributed by atoms with E-state index >= 15 is 0 Å². The van der Waals surface area contributed by atoms with Crippen molar-refractivity contribution in [3.05, 3.63) is 141 Å². The van der Waals surface area contributed by atoms with Crippen LogP contribution in [0, 0.1) is 11.8 Å². The number of benzene rings is 2. The summed E-state index contributed by atoms with van der Waals surface area (Å²) in [6.45, 7) is 2.05. The van der Waals surface area contributed by atoms with Crippen LogP contribution in [0.1, 0.15) is 61.0 Å². The highest BCUT2D eigenvalue weighted by Crippen LogP contribution is 2.45. The summed E-state index contributed by atoms with van der Waals surface area (Å²) < 4.78 is 23.4. The molecule has 0 radical (unpaired) electrons. The number of carbonyl (C=O) groups is 2. The van der Waals surface area contributed by atoms with E-state index in [2.05, 4.69) is 55.4 Å². The molecule has 2 fully saturated rings. The van der Waals surface area contributed by atoms with Crippen LogP contribution >= 0.6 is 23.2 Å². The van der Waals surface area contributed by atoms with E-state index in [1.54, 1.807) is 67.3 Å². The second-order valence-electron chi connectivity index (χ2n) is 14.3. The third-order valence-electron chi connectivity index (χ3n) is 9.86. The second kappa shape index (κ2) is 21.2. The van der Waals surface area contributed by atoms with Crippen molar-refractivity contribution in [3.8, 4) is 11.8 Å². The zero-order valence-corrected chi connectivity index (χ0v) is 36.1. The monoisotopic (exact) mass is 913 g/mol. The van der Waals surface area contributed by atoms with Gasteiger partial charge in [-0.15, -0.1) is 0 Å². The zero-order valence-electron chi connectivity index (χ0n) is 33.7. The Hall–Kier alpha value is -6.25. The van der Waals surface area contributed by atoms with Crippen molar-refractivity contribution in [2.75, 3.05) is 24.2 Å². The van der Waals surface area contributed by atoms with Crippen molar-refractivity contribution in [1.29, 1.82) is 0 Å². The molecule has 4 N–H and O–H groups in total. The largest absolute Gasteiger partial charge is 0.472 e. The van der Waals surface area contributed by atoms with Crippen molar-refractivity contribution >= 4 is 51.8 Å². The van der Waals surface area contributed by atoms with Crippen molar-refractivity contribution < 1.29 is 33.5 Å². The van der Waals surface area contributed by atoms with Gasteiger partial charge in [0.15, 0.2) is 0 Å². The third-order valence-corrected chi connectivity index (χ3v) is 11.3. The second-order valence-corrected chi connectivity index (χ2v) is 16.4. The van der Waals surface area contributed by atoms with Crippen LogP contribution < -0.4 is 25.0 Å². The first-order valence-electron chi connectivity index (χ1n) is 19.5. The average molecular weight is 915 g/mol. The number of rotatable bonds is 16. The summed E-state index contributed by atoms with van der Waals surface area (Å²) in [7, 11) is -1.45. The van der Waals surface area contributed by atoms with E-state index in [4.69, 9.17) is 32.7 Å². The molecular weight excluding hydrogens is 874 g/mol. The molecular formula is C42H41Cl2N11O7S. The molecule has 0 spiro atoms. The number of amides is 2. The molecule has 3 atom stereocenters. The highest BCUT2D eigenvalue weighted by molar-refractivity contribution is 7.84. The maximum Gasteiger partial charge on any atom is 0.258 e. The number of carbonyl (C=O) groups excluding carboxylic acids is 2. The number of aliphatic hydroxyl groups excluding tert-OH is 2. The molecule has 2 aromatic carbocycles. The molecule has 2 aliphatic rings. The number of piperidine rings is 1. The topological polar surface area (TPSA) is 241 Å². The van der Waals surface area contributed by atoms with Gasteiger partial charge in [0.2, 0.25) is 22.9 Å². The van der Waals surface area contributed by atoms with Gasteiger partial charge in [-0.2, -0.15) is 9.97 Å². The lowest BCUT2D eigenvalue weighted by Crippen LogP contribution is -2.27. The van der Waals surface area contributed by atoms with E-state index in [0.717, 1.165) is 30.5 Å². The zero-order chi connectivity index (χ0) is 44.3. The molecule has 0 bridgehead atoms. The number of aliphatic hydroxyl groups is 2. The summed E-state index contributed by atoms with van der Waals surface area (Å²) in [6, 6.07) is 13.8. The van der Waals surface area contributed by atoms with Gasteiger partial charge in [-0.05, 0) is 64.8 Å². The number of aromatic nitrogens is 8. The maximum absolute atomic E-state index is 12.9. The first-order valence-corrected chi connectivity index (χ1v) is 21.8. The fourth-order valence-electron chi connectivity index (χ4n) is 6.36. The first kappa shape index (κ1) is 44.8. The lowest BCUT2D eigenvalue weighted by atomic mass is 10.1. The minimum absolute atomic E-state index is 0.0102. The van der Waals surface area contributed by atoms with Crippen molar-refractivity contribution in [3.63, 3.8) is 0 Å². The van der Waals surface area contributed by atoms with E-state index < -0.39 is 16.7 Å². The number of halogens is 2. The van der Waals surface area contributed by atoms with Crippen LogP contribution in [0.25, 0.3) is 0 Å². The Morgan fingerprint density at radius 1 is 0.730 bits per heavy atom. The van der Waals surface area contributed by atoms with Gasteiger partial charge in [0.25, 0.3) is 11.8 Å². The van der Waals surface area contributed by atoms with E-state index in [9.17, 15) is 24.0 Å². The minimum atomic E-state index is -1.45. The SMILES string of the molecule is CS(=O)c1ncc(C(=O)NCc2ncccn2)c(OCc2ccc(CO)c(Cl)c2)n1.O=C(NCc1ncccn1)c1cnc(N2CC3CC3C2)nc1OCc1ccc(CO)c(Cl)c1. The molecule has 63 heavy (non-hydrogen) atoms. The molecule has 21 heteroatoms. The Morgan fingerprint density at radius 2 is 1.21 bits per heavy atom. The lowest BCUT2D eigenvalue weighted by Gasteiger charge is -2.19. The summed E-state index contributed by atoms with van der Waals surface area (Å²) in [5, 5.41) is 24.9. The van der Waals surface area contributed by atoms with Crippen LogP contribution in [-0.2, 0) is 50.3 Å². The Balaban J connectivity index is 0.000000190. The Labute approximate surface area is 374 Å². The first-order chi connectivity index (χ1) is 30.6. The summed E-state index contributed by atoms with van der Waals surface area (Å²) in [5.41, 5.74) is 3.05. The van der Waals surface area contributed by atoms with Gasteiger partial charge in [0, 0.05) is 66.6 Å². The summed E-state index contributed by atoms with van der Waals surface area (Å²) in [4.78, 5) is 61.1. The van der Waals surface area contributed by atoms with Crippen LogP contribution in [0.3, 0.4) is 0 Å². The molecule has 8 rings (SSSR count). The number of nitrogens with one attached hydrogen (secondary N) is 2. The molecule has 326 valence electrons. The highest BCUT2D eigenvalue weighted by Gasteiger charge is 2.46. The van der Waals surface area contributed by atoms with Crippen molar-refractivity contribution in [2.24, 2.45) is 11.8 Å². The quantitative estimate of drug-likeness (QED) is 0.100. The van der Waals surface area contributed by atoms with Gasteiger partial charge < -0.3 is 35.2 Å². The predicted octanol–water partition coefficient (Wildman–Crippen LogP) is 4.04. The maximum atomic E-state index is 12.9. The van der Waals surface area contributed by atoms with Crippen molar-refractivity contribution in [2.45, 2.75) is 51.1 Å². The van der Waals surface area contributed by atoms with Gasteiger partial charge in [0.1, 0.15) is 36.0 Å². The molecule has 6 aromatic rings. The van der Waals surface area contributed by atoms with Gasteiger partial charge in [0.05, 0.1) is 37.1 Å². The summed E-state index contributed by atoms with van der Waals surface area (Å²) in [6.07, 6.45) is 11.9. The fraction of sp³-hybridized carbons (Fsp3) is 0.286. The standard InChI is InChI=1S/C23H23ClN6O3.C19H18ClN5O4S/c24-19-6-14(2-3-15(19)12-31)13-33-22-18(21(32)27-9-20-25-4-1-5-26-20)8-28-23(29-22)30-10-16-7-17(16)11-30;1-30(28)19-24-8-14(17(27)23-9-16-21-5-2-6-22-16)18(25-19)29-11-12-3-4-13(10-26)15(20)7-12/h1-6,8,16-17,31H,7,9-13H2,(H,27,32);2-8,26H,9-11H2,1H3,(H,23,27). The van der Waals surface area contributed by atoms with Gasteiger partial charge >= 0.3 is 0 Å². The van der Waals surface area contributed by atoms with Crippen LogP contribution in [0.5, 0.6) is 11.8 Å². The Morgan fingerprint density at radius 3 is 1.67 bits per heavy atom. The number of ether oxygens (including phenoxy) is 2. The summed E-state index contributed by atoms with van der Waals surface area (Å²) in [5.74, 6) is 2.28. The average Bonchev–Trinajstić information content (AvgIpc) is 3.92. The lowest BCUT2D eigenvalue weighted by molar-refractivity contribution is 0.0935. The molecule has 1 aliphatic carbocycles. The van der Waals surface area contributed by atoms with Crippen LogP contribution in [0.2, 0.25) is 10.0 Å². The Bertz CT molecular complexity index is 2570. The Kier molecular flexibility index (Phi) is 15.1. The van der Waals surface area contributed by atoms with E-state index in [1.807, 2.05) is 6.07 Å². The molecule has 1 aliphatic heterocycles. The number of hydrogen-bond donors (Lipinski definition) is 4. The number of anilines is 1. The minimum Gasteiger partial charge on any atom is -0.472 e. The van der Waals surface area contributed by atoms with Crippen LogP contribution in [0.15, 0.2) is 90.9 Å². The molecule has 2 amide bonds. The van der Waals surface area contributed by atoms with Crippen LogP contribution in [-0.4, -0.2) is 85.5 Å². The van der Waals surface area contributed by atoms with Crippen molar-refractivity contribution in [1.82, 2.24) is 50.5 Å². The van der Waals surface area contributed by atoms with Gasteiger partial charge in [-0.1, -0.05) is 47.5 Å².